The van der Waals surface area contributed by atoms with Crippen LogP contribution in [0.5, 0.6) is 11.5 Å². The van der Waals surface area contributed by atoms with Gasteiger partial charge in [0, 0.05) is 18.4 Å². The summed E-state index contributed by atoms with van der Waals surface area (Å²) < 4.78 is 11.4. The van der Waals surface area contributed by atoms with Gasteiger partial charge in [0.25, 0.3) is 0 Å². The molecular formula is C18H23NO2. The lowest BCUT2D eigenvalue weighted by Gasteiger charge is -2.40. The first-order chi connectivity index (χ1) is 10.1. The first-order valence-corrected chi connectivity index (χ1v) is 7.94. The molecule has 3 heteroatoms. The van der Waals surface area contributed by atoms with Gasteiger partial charge >= 0.3 is 0 Å². The van der Waals surface area contributed by atoms with E-state index in [0.717, 1.165) is 11.5 Å². The van der Waals surface area contributed by atoms with Crippen LogP contribution in [0.3, 0.4) is 0 Å². The molecule has 0 saturated carbocycles. The van der Waals surface area contributed by atoms with Gasteiger partial charge in [-0.15, -0.1) is 0 Å². The van der Waals surface area contributed by atoms with Crippen molar-refractivity contribution in [2.24, 2.45) is 0 Å². The first kappa shape index (κ1) is 13.2. The quantitative estimate of drug-likeness (QED) is 0.737. The van der Waals surface area contributed by atoms with Crippen LogP contribution < -0.4 is 9.47 Å². The fraction of sp³-hybridized carbons (Fsp3) is 0.556. The molecule has 3 aliphatic rings. The molecule has 4 rings (SSSR count). The lowest BCUT2D eigenvalue weighted by atomic mass is 9.67. The number of fused-ring (bicyclic) bond motifs is 2. The van der Waals surface area contributed by atoms with Gasteiger partial charge in [0.15, 0.2) is 11.5 Å². The highest BCUT2D eigenvalue weighted by Crippen LogP contribution is 2.49. The Bertz CT molecular complexity index is 609. The van der Waals surface area contributed by atoms with Gasteiger partial charge < -0.3 is 9.47 Å². The first-order valence-electron chi connectivity index (χ1n) is 7.94. The molecule has 1 unspecified atom stereocenters. The molecule has 0 amide bonds. The fourth-order valence-electron chi connectivity index (χ4n) is 4.27. The molecule has 0 N–H and O–H groups in total. The number of allylic oxidation sites excluding steroid dienone is 1. The van der Waals surface area contributed by atoms with Crippen LogP contribution in [0.25, 0.3) is 0 Å². The molecule has 1 aliphatic carbocycles. The maximum atomic E-state index is 5.78. The predicted octanol–water partition coefficient (Wildman–Crippen LogP) is 3.49. The SMILES string of the molecule is CC1=C[C@@H]2N(C)CC[C@]2(c2ccc3c(c2)OC(C)O3)CC1. The van der Waals surface area contributed by atoms with Crippen molar-refractivity contribution in [2.45, 2.75) is 50.9 Å². The van der Waals surface area contributed by atoms with Gasteiger partial charge in [-0.1, -0.05) is 17.7 Å². The minimum Gasteiger partial charge on any atom is -0.451 e. The Labute approximate surface area is 126 Å². The van der Waals surface area contributed by atoms with Crippen LogP contribution in [0.2, 0.25) is 0 Å². The van der Waals surface area contributed by atoms with Gasteiger partial charge in [0.05, 0.1) is 0 Å². The van der Waals surface area contributed by atoms with Crippen molar-refractivity contribution in [1.29, 1.82) is 0 Å². The standard InChI is InChI=1S/C18H23NO2/c1-12-6-7-18(8-9-19(3)17(18)10-12)14-4-5-15-16(11-14)21-13(2)20-15/h4-5,10-11,13,17H,6-9H2,1-3H3/t13?,17-,18-/m0/s1. The van der Waals surface area contributed by atoms with Gasteiger partial charge in [-0.05, 0) is 57.5 Å². The molecule has 0 spiro atoms. The number of hydrogen-bond donors (Lipinski definition) is 0. The Kier molecular flexibility index (Phi) is 2.83. The zero-order chi connectivity index (χ0) is 14.6. The Morgan fingerprint density at radius 2 is 2.00 bits per heavy atom. The van der Waals surface area contributed by atoms with E-state index in [4.69, 9.17) is 9.47 Å². The van der Waals surface area contributed by atoms with E-state index in [1.54, 1.807) is 0 Å². The molecule has 0 bridgehead atoms. The zero-order valence-corrected chi connectivity index (χ0v) is 13.1. The van der Waals surface area contributed by atoms with Gasteiger partial charge in [0.2, 0.25) is 6.29 Å². The minimum atomic E-state index is -0.164. The topological polar surface area (TPSA) is 21.7 Å². The Morgan fingerprint density at radius 3 is 2.86 bits per heavy atom. The van der Waals surface area contributed by atoms with Crippen LogP contribution in [-0.4, -0.2) is 30.8 Å². The minimum absolute atomic E-state index is 0.164. The van der Waals surface area contributed by atoms with Crippen LogP contribution in [0.15, 0.2) is 29.8 Å². The summed E-state index contributed by atoms with van der Waals surface area (Å²) in [6, 6.07) is 7.08. The third-order valence-corrected chi connectivity index (χ3v) is 5.46. The second-order valence-corrected chi connectivity index (χ2v) is 6.81. The van der Waals surface area contributed by atoms with E-state index < -0.39 is 0 Å². The van der Waals surface area contributed by atoms with Gasteiger partial charge in [-0.2, -0.15) is 0 Å². The highest BCUT2D eigenvalue weighted by molar-refractivity contribution is 5.49. The molecular weight excluding hydrogens is 262 g/mol. The van der Waals surface area contributed by atoms with E-state index in [1.807, 2.05) is 6.92 Å². The normalized spacial score (nSPS) is 34.7. The van der Waals surface area contributed by atoms with E-state index in [2.05, 4.69) is 43.1 Å². The molecule has 1 fully saturated rings. The molecule has 21 heavy (non-hydrogen) atoms. The number of rotatable bonds is 1. The zero-order valence-electron chi connectivity index (χ0n) is 13.1. The molecule has 2 heterocycles. The van der Waals surface area contributed by atoms with E-state index in [9.17, 15) is 0 Å². The maximum Gasteiger partial charge on any atom is 0.238 e. The van der Waals surface area contributed by atoms with Gasteiger partial charge in [-0.3, -0.25) is 4.90 Å². The molecule has 0 aromatic heterocycles. The summed E-state index contributed by atoms with van der Waals surface area (Å²) in [4.78, 5) is 2.50. The van der Waals surface area contributed by atoms with Gasteiger partial charge in [0.1, 0.15) is 0 Å². The van der Waals surface area contributed by atoms with Gasteiger partial charge in [-0.25, -0.2) is 0 Å². The second kappa shape index (κ2) is 4.51. The van der Waals surface area contributed by atoms with Crippen molar-refractivity contribution in [3.8, 4) is 11.5 Å². The number of likely N-dealkylation sites (N-methyl/N-ethyl adjacent to an activating group) is 1. The summed E-state index contributed by atoms with van der Waals surface area (Å²) in [7, 11) is 2.25. The summed E-state index contributed by atoms with van der Waals surface area (Å²) in [5, 5.41) is 0. The van der Waals surface area contributed by atoms with E-state index >= 15 is 0 Å². The van der Waals surface area contributed by atoms with Crippen LogP contribution in [0.1, 0.15) is 38.7 Å². The lowest BCUT2D eigenvalue weighted by molar-refractivity contribution is 0.0678. The van der Waals surface area contributed by atoms with Crippen molar-refractivity contribution in [3.63, 3.8) is 0 Å². The summed E-state index contributed by atoms with van der Waals surface area (Å²) in [6.07, 6.45) is 5.98. The second-order valence-electron chi connectivity index (χ2n) is 6.81. The maximum absolute atomic E-state index is 5.78. The molecule has 1 aromatic carbocycles. The van der Waals surface area contributed by atoms with E-state index in [-0.39, 0.29) is 11.7 Å². The summed E-state index contributed by atoms with van der Waals surface area (Å²) in [5.41, 5.74) is 3.19. The average Bonchev–Trinajstić information content (AvgIpc) is 2.99. The largest absolute Gasteiger partial charge is 0.451 e. The molecule has 112 valence electrons. The highest BCUT2D eigenvalue weighted by Gasteiger charge is 2.47. The molecule has 3 atom stereocenters. The van der Waals surface area contributed by atoms with Crippen molar-refractivity contribution >= 4 is 0 Å². The predicted molar refractivity (Wildman–Crippen MR) is 82.9 cm³/mol. The number of ether oxygens (including phenoxy) is 2. The number of benzene rings is 1. The smallest absolute Gasteiger partial charge is 0.238 e. The van der Waals surface area contributed by atoms with E-state index in [1.165, 1.54) is 36.9 Å². The number of nitrogens with zero attached hydrogens (tertiary/aromatic N) is 1. The van der Waals surface area contributed by atoms with Crippen molar-refractivity contribution < 1.29 is 9.47 Å². The van der Waals surface area contributed by atoms with Crippen molar-refractivity contribution in [3.05, 3.63) is 35.4 Å². The number of likely N-dealkylation sites (tertiary alicyclic amines) is 1. The van der Waals surface area contributed by atoms with Crippen molar-refractivity contribution in [1.82, 2.24) is 4.90 Å². The fourth-order valence-corrected chi connectivity index (χ4v) is 4.27. The Balaban J connectivity index is 1.77. The highest BCUT2D eigenvalue weighted by atomic mass is 16.7. The number of hydrogen-bond acceptors (Lipinski definition) is 3. The summed E-state index contributed by atoms with van der Waals surface area (Å²) in [6.45, 7) is 5.37. The molecule has 1 aromatic rings. The van der Waals surface area contributed by atoms with Crippen LogP contribution >= 0.6 is 0 Å². The Morgan fingerprint density at radius 1 is 1.19 bits per heavy atom. The third-order valence-electron chi connectivity index (χ3n) is 5.46. The monoisotopic (exact) mass is 285 g/mol. The molecule has 3 nitrogen and oxygen atoms in total. The van der Waals surface area contributed by atoms with Crippen LogP contribution in [-0.2, 0) is 5.41 Å². The average molecular weight is 285 g/mol. The molecule has 1 saturated heterocycles. The summed E-state index contributed by atoms with van der Waals surface area (Å²) in [5.74, 6) is 1.79. The summed E-state index contributed by atoms with van der Waals surface area (Å²) >= 11 is 0. The third kappa shape index (κ3) is 1.90. The lowest BCUT2D eigenvalue weighted by Crippen LogP contribution is -2.42. The van der Waals surface area contributed by atoms with Crippen molar-refractivity contribution in [2.75, 3.05) is 13.6 Å². The Hall–Kier alpha value is -1.48. The molecule has 0 radical (unpaired) electrons. The van der Waals surface area contributed by atoms with Crippen LogP contribution in [0.4, 0.5) is 0 Å². The van der Waals surface area contributed by atoms with Crippen LogP contribution in [0, 0.1) is 0 Å². The van der Waals surface area contributed by atoms with E-state index in [0.29, 0.717) is 6.04 Å². The molecule has 2 aliphatic heterocycles.